The molecule has 0 aliphatic carbocycles. The van der Waals surface area contributed by atoms with E-state index in [1.165, 1.54) is 6.92 Å². The van der Waals surface area contributed by atoms with Gasteiger partial charge in [-0.3, -0.25) is 4.79 Å². The Bertz CT molecular complexity index is 281. The predicted octanol–water partition coefficient (Wildman–Crippen LogP) is 1.47. The molecule has 0 N–H and O–H groups in total. The molecule has 4 heteroatoms. The van der Waals surface area contributed by atoms with Crippen molar-refractivity contribution in [3.63, 3.8) is 0 Å². The first-order valence-corrected chi connectivity index (χ1v) is 4.36. The molecule has 0 bridgehead atoms. The SMILES string of the molecule is CCCOCn1ccc(C(C)=O)n1. The van der Waals surface area contributed by atoms with Gasteiger partial charge in [0.25, 0.3) is 0 Å². The Kier molecular flexibility index (Phi) is 3.64. The number of Topliss-reactive ketones (excluding diaryl/α,β-unsaturated/α-hetero) is 1. The molecule has 4 nitrogen and oxygen atoms in total. The molecule has 0 radical (unpaired) electrons. The lowest BCUT2D eigenvalue weighted by molar-refractivity contribution is 0.0689. The third-order valence-electron chi connectivity index (χ3n) is 1.57. The molecular formula is C9H14N2O2. The van der Waals surface area contributed by atoms with Crippen LogP contribution >= 0.6 is 0 Å². The molecule has 13 heavy (non-hydrogen) atoms. The van der Waals surface area contributed by atoms with Gasteiger partial charge in [-0.25, -0.2) is 4.68 Å². The second-order valence-electron chi connectivity index (χ2n) is 2.83. The number of hydrogen-bond donors (Lipinski definition) is 0. The Morgan fingerprint density at radius 2 is 2.46 bits per heavy atom. The monoisotopic (exact) mass is 182 g/mol. The minimum atomic E-state index is -0.0192. The molecule has 72 valence electrons. The van der Waals surface area contributed by atoms with E-state index < -0.39 is 0 Å². The van der Waals surface area contributed by atoms with Gasteiger partial charge in [-0.2, -0.15) is 5.10 Å². The molecular weight excluding hydrogens is 168 g/mol. The molecule has 0 fully saturated rings. The van der Waals surface area contributed by atoms with Crippen molar-refractivity contribution in [1.82, 2.24) is 9.78 Å². The van der Waals surface area contributed by atoms with Gasteiger partial charge in [0.15, 0.2) is 5.78 Å². The average molecular weight is 182 g/mol. The number of rotatable bonds is 5. The van der Waals surface area contributed by atoms with E-state index in [0.717, 1.165) is 13.0 Å². The number of carbonyl (C=O) groups excluding carboxylic acids is 1. The van der Waals surface area contributed by atoms with E-state index in [9.17, 15) is 4.79 Å². The first kappa shape index (κ1) is 9.92. The standard InChI is InChI=1S/C9H14N2O2/c1-3-6-13-7-11-5-4-9(10-11)8(2)12/h4-5H,3,6-7H2,1-2H3. The zero-order valence-electron chi connectivity index (χ0n) is 7.99. The molecule has 0 atom stereocenters. The predicted molar refractivity (Wildman–Crippen MR) is 48.5 cm³/mol. The van der Waals surface area contributed by atoms with Gasteiger partial charge in [0.1, 0.15) is 12.4 Å². The van der Waals surface area contributed by atoms with Crippen LogP contribution in [0.25, 0.3) is 0 Å². The molecule has 0 aromatic carbocycles. The van der Waals surface area contributed by atoms with E-state index >= 15 is 0 Å². The van der Waals surface area contributed by atoms with Crippen LogP contribution in [0.3, 0.4) is 0 Å². The Balaban J connectivity index is 2.44. The molecule has 0 saturated heterocycles. The number of hydrogen-bond acceptors (Lipinski definition) is 3. The number of carbonyl (C=O) groups is 1. The summed E-state index contributed by atoms with van der Waals surface area (Å²) in [7, 11) is 0. The molecule has 0 spiro atoms. The minimum absolute atomic E-state index is 0.0192. The van der Waals surface area contributed by atoms with Gasteiger partial charge in [0.2, 0.25) is 0 Å². The number of aromatic nitrogens is 2. The fraction of sp³-hybridized carbons (Fsp3) is 0.556. The highest BCUT2D eigenvalue weighted by Gasteiger charge is 2.02. The van der Waals surface area contributed by atoms with Gasteiger partial charge in [-0.1, -0.05) is 6.92 Å². The molecule has 0 amide bonds. The molecule has 0 aliphatic heterocycles. The molecule has 1 heterocycles. The van der Waals surface area contributed by atoms with Crippen LogP contribution in [-0.4, -0.2) is 22.2 Å². The Labute approximate surface area is 77.5 Å². The van der Waals surface area contributed by atoms with Crippen LogP contribution in [0.5, 0.6) is 0 Å². The summed E-state index contributed by atoms with van der Waals surface area (Å²) < 4.78 is 6.87. The van der Waals surface area contributed by atoms with Gasteiger partial charge in [0.05, 0.1) is 0 Å². The fourth-order valence-electron chi connectivity index (χ4n) is 0.924. The van der Waals surface area contributed by atoms with Gasteiger partial charge in [0, 0.05) is 19.7 Å². The summed E-state index contributed by atoms with van der Waals surface area (Å²) in [4.78, 5) is 10.9. The minimum Gasteiger partial charge on any atom is -0.359 e. The maximum atomic E-state index is 10.9. The quantitative estimate of drug-likeness (QED) is 0.511. The summed E-state index contributed by atoms with van der Waals surface area (Å²) in [5.41, 5.74) is 0.486. The highest BCUT2D eigenvalue weighted by molar-refractivity contribution is 5.91. The largest absolute Gasteiger partial charge is 0.359 e. The first-order valence-electron chi connectivity index (χ1n) is 4.36. The van der Waals surface area contributed by atoms with E-state index in [2.05, 4.69) is 5.10 Å². The topological polar surface area (TPSA) is 44.1 Å². The smallest absolute Gasteiger partial charge is 0.179 e. The van der Waals surface area contributed by atoms with Crippen molar-refractivity contribution >= 4 is 5.78 Å². The normalized spacial score (nSPS) is 10.3. The summed E-state index contributed by atoms with van der Waals surface area (Å²) in [6.07, 6.45) is 2.73. The van der Waals surface area contributed by atoms with E-state index in [1.54, 1.807) is 16.9 Å². The molecule has 0 unspecified atom stereocenters. The molecule has 1 rings (SSSR count). The number of ether oxygens (including phenoxy) is 1. The lowest BCUT2D eigenvalue weighted by atomic mass is 10.3. The summed E-state index contributed by atoms with van der Waals surface area (Å²) in [5, 5.41) is 4.02. The maximum Gasteiger partial charge on any atom is 0.179 e. The third kappa shape index (κ3) is 2.99. The Hall–Kier alpha value is -1.16. The lowest BCUT2D eigenvalue weighted by Gasteiger charge is -2.01. The number of nitrogens with zero attached hydrogens (tertiary/aromatic N) is 2. The van der Waals surface area contributed by atoms with Crippen molar-refractivity contribution in [2.45, 2.75) is 27.0 Å². The van der Waals surface area contributed by atoms with Crippen LogP contribution in [0.1, 0.15) is 30.8 Å². The van der Waals surface area contributed by atoms with E-state index in [1.807, 2.05) is 6.92 Å². The van der Waals surface area contributed by atoms with Gasteiger partial charge < -0.3 is 4.74 Å². The summed E-state index contributed by atoms with van der Waals surface area (Å²) >= 11 is 0. The van der Waals surface area contributed by atoms with Crippen molar-refractivity contribution < 1.29 is 9.53 Å². The average Bonchev–Trinajstić information content (AvgIpc) is 2.53. The zero-order valence-corrected chi connectivity index (χ0v) is 7.99. The van der Waals surface area contributed by atoms with Gasteiger partial charge in [-0.15, -0.1) is 0 Å². The van der Waals surface area contributed by atoms with Crippen molar-refractivity contribution in [1.29, 1.82) is 0 Å². The second kappa shape index (κ2) is 4.77. The molecule has 0 aliphatic rings. The summed E-state index contributed by atoms with van der Waals surface area (Å²) in [6, 6.07) is 1.69. The van der Waals surface area contributed by atoms with Crippen LogP contribution in [0.15, 0.2) is 12.3 Å². The highest BCUT2D eigenvalue weighted by atomic mass is 16.5. The van der Waals surface area contributed by atoms with Crippen molar-refractivity contribution in [2.75, 3.05) is 6.61 Å². The summed E-state index contributed by atoms with van der Waals surface area (Å²) in [6.45, 7) is 4.68. The lowest BCUT2D eigenvalue weighted by Crippen LogP contribution is -2.05. The fourth-order valence-corrected chi connectivity index (χ4v) is 0.924. The number of ketones is 1. The zero-order chi connectivity index (χ0) is 9.68. The third-order valence-corrected chi connectivity index (χ3v) is 1.57. The van der Waals surface area contributed by atoms with Crippen molar-refractivity contribution in [2.24, 2.45) is 0 Å². The van der Waals surface area contributed by atoms with E-state index in [0.29, 0.717) is 12.4 Å². The van der Waals surface area contributed by atoms with Crippen LogP contribution in [0.4, 0.5) is 0 Å². The van der Waals surface area contributed by atoms with Crippen LogP contribution in [0, 0.1) is 0 Å². The molecule has 0 saturated carbocycles. The Morgan fingerprint density at radius 3 is 3.00 bits per heavy atom. The van der Waals surface area contributed by atoms with Crippen molar-refractivity contribution in [3.8, 4) is 0 Å². The second-order valence-corrected chi connectivity index (χ2v) is 2.83. The Morgan fingerprint density at radius 1 is 1.69 bits per heavy atom. The summed E-state index contributed by atoms with van der Waals surface area (Å²) in [5.74, 6) is -0.0192. The van der Waals surface area contributed by atoms with Crippen LogP contribution in [-0.2, 0) is 11.5 Å². The highest BCUT2D eigenvalue weighted by Crippen LogP contribution is 1.97. The van der Waals surface area contributed by atoms with Crippen LogP contribution in [0.2, 0.25) is 0 Å². The maximum absolute atomic E-state index is 10.9. The van der Waals surface area contributed by atoms with Gasteiger partial charge in [-0.05, 0) is 12.5 Å². The molecule has 1 aromatic heterocycles. The van der Waals surface area contributed by atoms with E-state index in [4.69, 9.17) is 4.74 Å². The van der Waals surface area contributed by atoms with Gasteiger partial charge >= 0.3 is 0 Å². The molecule has 1 aromatic rings. The van der Waals surface area contributed by atoms with Crippen LogP contribution < -0.4 is 0 Å². The van der Waals surface area contributed by atoms with E-state index in [-0.39, 0.29) is 5.78 Å². The van der Waals surface area contributed by atoms with Crippen molar-refractivity contribution in [3.05, 3.63) is 18.0 Å². The first-order chi connectivity index (χ1) is 6.24.